The number of alkyl halides is 1. The Balaban J connectivity index is 2.29. The van der Waals surface area contributed by atoms with Crippen molar-refractivity contribution in [1.29, 1.82) is 0 Å². The molecule has 3 heteroatoms. The first-order valence-electron chi connectivity index (χ1n) is 4.88. The van der Waals surface area contributed by atoms with Crippen LogP contribution in [-0.2, 0) is 6.42 Å². The monoisotopic (exact) mass is 211 g/mol. The summed E-state index contributed by atoms with van der Waals surface area (Å²) in [5.41, 5.74) is 2.27. The Bertz CT molecular complexity index is 327. The Morgan fingerprint density at radius 3 is 3.14 bits per heavy atom. The third-order valence-electron chi connectivity index (χ3n) is 2.48. The maximum absolute atomic E-state index is 6.08. The first kappa shape index (κ1) is 9.81. The van der Waals surface area contributed by atoms with Crippen LogP contribution >= 0.6 is 11.6 Å². The van der Waals surface area contributed by atoms with Crippen molar-refractivity contribution in [3.8, 4) is 5.75 Å². The Morgan fingerprint density at radius 2 is 2.36 bits per heavy atom. The van der Waals surface area contributed by atoms with Crippen LogP contribution in [0.25, 0.3) is 0 Å². The van der Waals surface area contributed by atoms with Crippen molar-refractivity contribution in [2.75, 3.05) is 13.7 Å². The summed E-state index contributed by atoms with van der Waals surface area (Å²) in [5, 5.41) is 3.01. The zero-order valence-corrected chi connectivity index (χ0v) is 8.97. The van der Waals surface area contributed by atoms with E-state index in [1.54, 1.807) is 0 Å². The molecule has 0 aliphatic carbocycles. The first-order chi connectivity index (χ1) is 6.81. The van der Waals surface area contributed by atoms with Gasteiger partial charge in [-0.25, -0.2) is 0 Å². The molecule has 1 N–H and O–H groups in total. The number of fused-ring (bicyclic) bond motifs is 1. The molecule has 1 aliphatic rings. The minimum atomic E-state index is -0.109. The predicted octanol–water partition coefficient (Wildman–Crippen LogP) is 2.47. The molecule has 1 aromatic rings. The van der Waals surface area contributed by atoms with E-state index in [2.05, 4.69) is 11.4 Å². The van der Waals surface area contributed by atoms with Gasteiger partial charge in [-0.05, 0) is 43.1 Å². The maximum Gasteiger partial charge on any atom is 0.122 e. The molecule has 0 saturated heterocycles. The van der Waals surface area contributed by atoms with Crippen LogP contribution in [0, 0.1) is 0 Å². The van der Waals surface area contributed by atoms with Crippen LogP contribution in [0.3, 0.4) is 0 Å². The van der Waals surface area contributed by atoms with Gasteiger partial charge >= 0.3 is 0 Å². The standard InChI is InChI=1S/C11H14ClNO/c1-13-11(12)9-4-5-10-8(7-9)3-2-6-14-10/h4-5,7,11,13H,2-3,6H2,1H3. The minimum Gasteiger partial charge on any atom is -0.493 e. The maximum atomic E-state index is 6.08. The molecular weight excluding hydrogens is 198 g/mol. The molecule has 0 fully saturated rings. The van der Waals surface area contributed by atoms with E-state index >= 15 is 0 Å². The first-order valence-corrected chi connectivity index (χ1v) is 5.32. The van der Waals surface area contributed by atoms with Crippen LogP contribution in [0.15, 0.2) is 18.2 Å². The Morgan fingerprint density at radius 1 is 1.50 bits per heavy atom. The predicted molar refractivity (Wildman–Crippen MR) is 57.9 cm³/mol. The second kappa shape index (κ2) is 4.20. The highest BCUT2D eigenvalue weighted by Crippen LogP contribution is 2.28. The average molecular weight is 212 g/mol. The van der Waals surface area contributed by atoms with Gasteiger partial charge in [0.05, 0.1) is 6.61 Å². The molecule has 0 radical (unpaired) electrons. The lowest BCUT2D eigenvalue weighted by Gasteiger charge is -2.19. The van der Waals surface area contributed by atoms with Crippen LogP contribution in [0.5, 0.6) is 5.75 Å². The van der Waals surface area contributed by atoms with Crippen molar-refractivity contribution < 1.29 is 4.74 Å². The van der Waals surface area contributed by atoms with Crippen molar-refractivity contribution in [2.24, 2.45) is 0 Å². The summed E-state index contributed by atoms with van der Waals surface area (Å²) in [6.07, 6.45) is 2.19. The lowest BCUT2D eigenvalue weighted by atomic mass is 10.0. The normalized spacial score (nSPS) is 17.0. The summed E-state index contributed by atoms with van der Waals surface area (Å²) in [7, 11) is 1.85. The zero-order chi connectivity index (χ0) is 9.97. The molecule has 76 valence electrons. The van der Waals surface area contributed by atoms with E-state index in [1.165, 1.54) is 5.56 Å². The fraction of sp³-hybridized carbons (Fsp3) is 0.455. The van der Waals surface area contributed by atoms with Gasteiger partial charge in [0.15, 0.2) is 0 Å². The summed E-state index contributed by atoms with van der Waals surface area (Å²) in [6, 6.07) is 6.15. The number of aryl methyl sites for hydroxylation is 1. The zero-order valence-electron chi connectivity index (χ0n) is 8.22. The summed E-state index contributed by atoms with van der Waals surface area (Å²) >= 11 is 6.08. The van der Waals surface area contributed by atoms with Crippen molar-refractivity contribution in [3.05, 3.63) is 29.3 Å². The quantitative estimate of drug-likeness (QED) is 0.600. The lowest BCUT2D eigenvalue weighted by Crippen LogP contribution is -2.12. The van der Waals surface area contributed by atoms with Gasteiger partial charge in [0.25, 0.3) is 0 Å². The summed E-state index contributed by atoms with van der Waals surface area (Å²) in [6.45, 7) is 0.836. The molecule has 1 atom stereocenters. The highest BCUT2D eigenvalue weighted by atomic mass is 35.5. The minimum absolute atomic E-state index is 0.109. The summed E-state index contributed by atoms with van der Waals surface area (Å²) in [4.78, 5) is 0. The Hall–Kier alpha value is -0.730. The number of benzene rings is 1. The number of rotatable bonds is 2. The van der Waals surface area contributed by atoms with E-state index < -0.39 is 0 Å². The molecule has 0 saturated carbocycles. The van der Waals surface area contributed by atoms with Gasteiger partial charge in [-0.2, -0.15) is 0 Å². The highest BCUT2D eigenvalue weighted by Gasteiger charge is 2.12. The Labute approximate surface area is 89.2 Å². The Kier molecular flexibility index (Phi) is 2.94. The lowest BCUT2D eigenvalue weighted by molar-refractivity contribution is 0.288. The van der Waals surface area contributed by atoms with Crippen molar-refractivity contribution >= 4 is 11.6 Å². The fourth-order valence-electron chi connectivity index (χ4n) is 1.70. The van der Waals surface area contributed by atoms with E-state index in [0.717, 1.165) is 30.8 Å². The van der Waals surface area contributed by atoms with Crippen LogP contribution < -0.4 is 10.1 Å². The van der Waals surface area contributed by atoms with Crippen LogP contribution in [-0.4, -0.2) is 13.7 Å². The van der Waals surface area contributed by atoms with Crippen molar-refractivity contribution in [3.63, 3.8) is 0 Å². The molecular formula is C11H14ClNO. The second-order valence-corrected chi connectivity index (χ2v) is 3.91. The SMILES string of the molecule is CNC(Cl)c1ccc2c(c1)CCCO2. The van der Waals surface area contributed by atoms with E-state index in [1.807, 2.05) is 19.2 Å². The molecule has 1 heterocycles. The van der Waals surface area contributed by atoms with E-state index in [9.17, 15) is 0 Å². The third kappa shape index (κ3) is 1.86. The largest absolute Gasteiger partial charge is 0.493 e. The van der Waals surface area contributed by atoms with Gasteiger partial charge in [-0.15, -0.1) is 11.6 Å². The molecule has 0 aromatic heterocycles. The van der Waals surface area contributed by atoms with E-state index in [0.29, 0.717) is 0 Å². The molecule has 2 rings (SSSR count). The van der Waals surface area contributed by atoms with E-state index in [4.69, 9.17) is 16.3 Å². The van der Waals surface area contributed by atoms with Crippen LogP contribution in [0.1, 0.15) is 23.0 Å². The third-order valence-corrected chi connectivity index (χ3v) is 2.95. The fourth-order valence-corrected chi connectivity index (χ4v) is 1.84. The number of hydrogen-bond acceptors (Lipinski definition) is 2. The average Bonchev–Trinajstić information content (AvgIpc) is 2.27. The number of ether oxygens (including phenoxy) is 1. The van der Waals surface area contributed by atoms with Gasteiger partial charge in [-0.3, -0.25) is 0 Å². The number of halogens is 1. The number of nitrogens with one attached hydrogen (secondary N) is 1. The molecule has 1 aromatic carbocycles. The molecule has 0 amide bonds. The van der Waals surface area contributed by atoms with Crippen LogP contribution in [0.4, 0.5) is 0 Å². The second-order valence-electron chi connectivity index (χ2n) is 3.47. The highest BCUT2D eigenvalue weighted by molar-refractivity contribution is 6.20. The van der Waals surface area contributed by atoms with Gasteiger partial charge in [0.2, 0.25) is 0 Å². The van der Waals surface area contributed by atoms with Gasteiger partial charge < -0.3 is 10.1 Å². The van der Waals surface area contributed by atoms with Gasteiger partial charge in [0, 0.05) is 0 Å². The molecule has 0 spiro atoms. The van der Waals surface area contributed by atoms with Gasteiger partial charge in [0.1, 0.15) is 11.3 Å². The molecule has 1 unspecified atom stereocenters. The van der Waals surface area contributed by atoms with Crippen LogP contribution in [0.2, 0.25) is 0 Å². The molecule has 0 bridgehead atoms. The van der Waals surface area contributed by atoms with Crippen molar-refractivity contribution in [2.45, 2.75) is 18.3 Å². The topological polar surface area (TPSA) is 21.3 Å². The van der Waals surface area contributed by atoms with Gasteiger partial charge in [-0.1, -0.05) is 6.07 Å². The summed E-state index contributed by atoms with van der Waals surface area (Å²) < 4.78 is 5.53. The van der Waals surface area contributed by atoms with E-state index in [-0.39, 0.29) is 5.50 Å². The molecule has 2 nitrogen and oxygen atoms in total. The molecule has 1 aliphatic heterocycles. The van der Waals surface area contributed by atoms with Crippen molar-refractivity contribution in [1.82, 2.24) is 5.32 Å². The smallest absolute Gasteiger partial charge is 0.122 e. The molecule has 14 heavy (non-hydrogen) atoms. The number of hydrogen-bond donors (Lipinski definition) is 1. The summed E-state index contributed by atoms with van der Waals surface area (Å²) in [5.74, 6) is 1.01.